The molecule has 0 bridgehead atoms. The summed E-state index contributed by atoms with van der Waals surface area (Å²) < 4.78 is 0. The van der Waals surface area contributed by atoms with E-state index in [1.807, 2.05) is 31.2 Å². The summed E-state index contributed by atoms with van der Waals surface area (Å²) in [6.07, 6.45) is 2.42. The Morgan fingerprint density at radius 2 is 2.08 bits per heavy atom. The molecule has 1 heterocycles. The van der Waals surface area contributed by atoms with E-state index >= 15 is 0 Å². The lowest BCUT2D eigenvalue weighted by Crippen LogP contribution is -2.50. The molecule has 25 heavy (non-hydrogen) atoms. The predicted molar refractivity (Wildman–Crippen MR) is 100.0 cm³/mol. The van der Waals surface area contributed by atoms with Gasteiger partial charge < -0.3 is 16.0 Å². The van der Waals surface area contributed by atoms with Crippen molar-refractivity contribution in [2.75, 3.05) is 44.6 Å². The molecule has 0 aliphatic carbocycles. The van der Waals surface area contributed by atoms with Crippen LogP contribution in [0.4, 0.5) is 5.69 Å². The highest BCUT2D eigenvalue weighted by Crippen LogP contribution is 2.21. The molecule has 1 amide bonds. The van der Waals surface area contributed by atoms with Crippen LogP contribution in [0.15, 0.2) is 30.0 Å². The van der Waals surface area contributed by atoms with Gasteiger partial charge in [-0.25, -0.2) is 0 Å². The summed E-state index contributed by atoms with van der Waals surface area (Å²) in [5.74, 6) is -0.214. The van der Waals surface area contributed by atoms with Crippen molar-refractivity contribution >= 4 is 11.6 Å². The van der Waals surface area contributed by atoms with E-state index < -0.39 is 0 Å². The smallest absolute Gasteiger partial charge is 0.266 e. The lowest BCUT2D eigenvalue weighted by Gasteiger charge is -2.34. The van der Waals surface area contributed by atoms with Crippen LogP contribution in [0.1, 0.15) is 18.1 Å². The lowest BCUT2D eigenvalue weighted by atomic mass is 10.1. The number of rotatable bonds is 6. The van der Waals surface area contributed by atoms with Gasteiger partial charge in [-0.1, -0.05) is 25.1 Å². The maximum absolute atomic E-state index is 12.6. The van der Waals surface area contributed by atoms with Crippen LogP contribution in [0, 0.1) is 18.3 Å². The number of carbonyl (C=O) groups is 1. The predicted octanol–water partition coefficient (Wildman–Crippen LogP) is 1.48. The molecule has 0 radical (unpaired) electrons. The highest BCUT2D eigenvalue weighted by molar-refractivity contribution is 5.97. The number of benzene rings is 1. The Kier molecular flexibility index (Phi) is 6.99. The van der Waals surface area contributed by atoms with Gasteiger partial charge in [-0.05, 0) is 24.5 Å². The van der Waals surface area contributed by atoms with Crippen LogP contribution in [0.2, 0.25) is 0 Å². The van der Waals surface area contributed by atoms with E-state index in [1.165, 1.54) is 6.20 Å². The number of nitrogens with zero attached hydrogens (tertiary/aromatic N) is 3. The van der Waals surface area contributed by atoms with Gasteiger partial charge in [0.1, 0.15) is 11.6 Å². The van der Waals surface area contributed by atoms with Gasteiger partial charge in [0.2, 0.25) is 0 Å². The van der Waals surface area contributed by atoms with Crippen molar-refractivity contribution in [3.63, 3.8) is 0 Å². The zero-order valence-corrected chi connectivity index (χ0v) is 15.1. The first-order chi connectivity index (χ1) is 12.1. The third-order valence-electron chi connectivity index (χ3n) is 4.56. The molecule has 134 valence electrons. The van der Waals surface area contributed by atoms with E-state index in [1.54, 1.807) is 4.90 Å². The van der Waals surface area contributed by atoms with Crippen LogP contribution in [0.3, 0.4) is 0 Å². The molecule has 0 aromatic heterocycles. The first-order valence-corrected chi connectivity index (χ1v) is 8.77. The fourth-order valence-electron chi connectivity index (χ4n) is 3.04. The number of para-hydroxylation sites is 1. The van der Waals surface area contributed by atoms with Gasteiger partial charge in [0.15, 0.2) is 0 Å². The monoisotopic (exact) mass is 341 g/mol. The van der Waals surface area contributed by atoms with E-state index in [9.17, 15) is 10.1 Å². The molecule has 0 atom stereocenters. The summed E-state index contributed by atoms with van der Waals surface area (Å²) in [6.45, 7) is 8.42. The Bertz CT molecular complexity index is 669. The number of hydrogen-bond acceptors (Lipinski definition) is 5. The SMILES string of the molecule is CCc1cccc(C)c1N/C=C(/C#N)C(=O)N1CCN(CCN)CC1. The van der Waals surface area contributed by atoms with Crippen LogP contribution >= 0.6 is 0 Å². The van der Waals surface area contributed by atoms with Crippen molar-refractivity contribution in [1.82, 2.24) is 9.80 Å². The Labute approximate surface area is 149 Å². The Hall–Kier alpha value is -2.36. The maximum Gasteiger partial charge on any atom is 0.266 e. The van der Waals surface area contributed by atoms with Crippen molar-refractivity contribution in [3.8, 4) is 6.07 Å². The Morgan fingerprint density at radius 1 is 1.36 bits per heavy atom. The lowest BCUT2D eigenvalue weighted by molar-refractivity contribution is -0.128. The zero-order chi connectivity index (χ0) is 18.2. The molecule has 6 heteroatoms. The molecule has 0 saturated carbocycles. The second kappa shape index (κ2) is 9.21. The maximum atomic E-state index is 12.6. The fourth-order valence-corrected chi connectivity index (χ4v) is 3.04. The molecular weight excluding hydrogens is 314 g/mol. The first-order valence-electron chi connectivity index (χ1n) is 8.77. The Morgan fingerprint density at radius 3 is 2.68 bits per heavy atom. The number of nitriles is 1. The molecule has 2 rings (SSSR count). The molecule has 1 fully saturated rings. The minimum absolute atomic E-state index is 0.137. The highest BCUT2D eigenvalue weighted by Gasteiger charge is 2.23. The number of aryl methyl sites for hydroxylation is 2. The zero-order valence-electron chi connectivity index (χ0n) is 15.1. The van der Waals surface area contributed by atoms with Gasteiger partial charge in [0.25, 0.3) is 5.91 Å². The van der Waals surface area contributed by atoms with Crippen molar-refractivity contribution in [2.24, 2.45) is 5.73 Å². The van der Waals surface area contributed by atoms with Crippen molar-refractivity contribution < 1.29 is 4.79 Å². The minimum atomic E-state index is -0.214. The second-order valence-corrected chi connectivity index (χ2v) is 6.20. The number of amides is 1. The molecule has 1 aliphatic rings. The standard InChI is InChI=1S/C19H27N5O/c1-3-16-6-4-5-15(2)18(16)22-14-17(13-21)19(25)24-11-9-23(8-7-20)10-12-24/h4-6,14,22H,3,7-12,20H2,1-2H3/b17-14-. The van der Waals surface area contributed by atoms with Crippen LogP contribution in [0.5, 0.6) is 0 Å². The highest BCUT2D eigenvalue weighted by atomic mass is 16.2. The quantitative estimate of drug-likeness (QED) is 0.605. The van der Waals surface area contributed by atoms with Gasteiger partial charge in [0.05, 0.1) is 0 Å². The number of anilines is 1. The Balaban J connectivity index is 2.06. The summed E-state index contributed by atoms with van der Waals surface area (Å²) in [6, 6.07) is 8.11. The number of nitrogens with one attached hydrogen (secondary N) is 1. The third-order valence-corrected chi connectivity index (χ3v) is 4.56. The summed E-state index contributed by atoms with van der Waals surface area (Å²) in [5.41, 5.74) is 8.94. The van der Waals surface area contributed by atoms with Gasteiger partial charge in [-0.2, -0.15) is 5.26 Å². The molecular formula is C19H27N5O. The average Bonchev–Trinajstić information content (AvgIpc) is 2.63. The van der Waals surface area contributed by atoms with Gasteiger partial charge in [-0.15, -0.1) is 0 Å². The van der Waals surface area contributed by atoms with E-state index in [4.69, 9.17) is 5.73 Å². The molecule has 1 saturated heterocycles. The van der Waals surface area contributed by atoms with E-state index in [2.05, 4.69) is 17.1 Å². The average molecular weight is 341 g/mol. The first kappa shape index (κ1) is 19.0. The summed E-state index contributed by atoms with van der Waals surface area (Å²) in [7, 11) is 0. The number of piperazine rings is 1. The largest absolute Gasteiger partial charge is 0.360 e. The van der Waals surface area contributed by atoms with Crippen LogP contribution in [-0.2, 0) is 11.2 Å². The van der Waals surface area contributed by atoms with Crippen molar-refractivity contribution in [1.29, 1.82) is 5.26 Å². The summed E-state index contributed by atoms with van der Waals surface area (Å²) in [4.78, 5) is 16.6. The number of nitrogens with two attached hydrogens (primary N) is 1. The summed E-state index contributed by atoms with van der Waals surface area (Å²) >= 11 is 0. The van der Waals surface area contributed by atoms with Crippen LogP contribution in [-0.4, -0.2) is 55.0 Å². The van der Waals surface area contributed by atoms with E-state index in [0.29, 0.717) is 19.6 Å². The molecule has 1 aromatic carbocycles. The van der Waals surface area contributed by atoms with Gasteiger partial charge in [0, 0.05) is 51.2 Å². The number of carbonyl (C=O) groups excluding carboxylic acids is 1. The molecule has 1 aliphatic heterocycles. The minimum Gasteiger partial charge on any atom is -0.360 e. The molecule has 0 spiro atoms. The normalized spacial score (nSPS) is 15.8. The second-order valence-electron chi connectivity index (χ2n) is 6.20. The third kappa shape index (κ3) is 4.81. The molecule has 6 nitrogen and oxygen atoms in total. The van der Waals surface area contributed by atoms with Gasteiger partial charge >= 0.3 is 0 Å². The molecule has 3 N–H and O–H groups in total. The van der Waals surface area contributed by atoms with Crippen LogP contribution < -0.4 is 11.1 Å². The van der Waals surface area contributed by atoms with Crippen molar-refractivity contribution in [3.05, 3.63) is 41.1 Å². The number of hydrogen-bond donors (Lipinski definition) is 2. The van der Waals surface area contributed by atoms with Crippen LogP contribution in [0.25, 0.3) is 0 Å². The topological polar surface area (TPSA) is 85.4 Å². The molecule has 1 aromatic rings. The molecule has 0 unspecified atom stereocenters. The van der Waals surface area contributed by atoms with E-state index in [-0.39, 0.29) is 11.5 Å². The fraction of sp³-hybridized carbons (Fsp3) is 0.474. The van der Waals surface area contributed by atoms with E-state index in [0.717, 1.165) is 42.9 Å². The summed E-state index contributed by atoms with van der Waals surface area (Å²) in [5, 5.41) is 12.6. The van der Waals surface area contributed by atoms with Crippen molar-refractivity contribution in [2.45, 2.75) is 20.3 Å². The van der Waals surface area contributed by atoms with Gasteiger partial charge in [-0.3, -0.25) is 9.69 Å².